The summed E-state index contributed by atoms with van der Waals surface area (Å²) < 4.78 is 6.74. The lowest BCUT2D eigenvalue weighted by molar-refractivity contribution is -0.256. The van der Waals surface area contributed by atoms with Crippen LogP contribution in [0.25, 0.3) is 0 Å². The largest absolute Gasteiger partial charge is 0.482 e. The predicted molar refractivity (Wildman–Crippen MR) is 123 cm³/mol. The van der Waals surface area contributed by atoms with Crippen molar-refractivity contribution in [1.29, 1.82) is 0 Å². The molecule has 1 spiro atoms. The fourth-order valence-electron chi connectivity index (χ4n) is 6.94. The number of allylic oxidation sites excluding steroid dienone is 4. The summed E-state index contributed by atoms with van der Waals surface area (Å²) in [4.78, 5) is 26.7. The Morgan fingerprint density at radius 3 is 2.59 bits per heavy atom. The molecule has 0 amide bonds. The summed E-state index contributed by atoms with van der Waals surface area (Å²) in [6, 6.07) is 0. The van der Waals surface area contributed by atoms with E-state index in [0.717, 1.165) is 12.8 Å². The maximum atomic E-state index is 13.5. The standard InChI is InChI=1S/C27H36O5/c1-7-8-15(2)22(30)17-13-19(28)18-14-26(6)16(3)9-10-20-25(4,5)21(29)11-12-27(20,26)32-24(18)23(17)31/h7-8,13,16,20-22,29-30H,2,9-12,14H2,1,3-6H3/b8-7+/t16-,20-,21-,22+,26+,27-/m0/s1. The Morgan fingerprint density at radius 1 is 1.25 bits per heavy atom. The van der Waals surface area contributed by atoms with Crippen LogP contribution in [0.1, 0.15) is 66.7 Å². The monoisotopic (exact) mass is 440 g/mol. The van der Waals surface area contributed by atoms with Crippen molar-refractivity contribution in [3.63, 3.8) is 0 Å². The van der Waals surface area contributed by atoms with Crippen molar-refractivity contribution in [3.8, 4) is 0 Å². The van der Waals surface area contributed by atoms with Gasteiger partial charge in [0.1, 0.15) is 11.7 Å². The predicted octanol–water partition coefficient (Wildman–Crippen LogP) is 4.20. The van der Waals surface area contributed by atoms with Crippen LogP contribution in [0.15, 0.2) is 47.3 Å². The Labute approximate surface area is 190 Å². The molecule has 32 heavy (non-hydrogen) atoms. The highest BCUT2D eigenvalue weighted by atomic mass is 16.5. The van der Waals surface area contributed by atoms with E-state index in [4.69, 9.17) is 4.74 Å². The zero-order chi connectivity index (χ0) is 23.6. The third-order valence-corrected chi connectivity index (χ3v) is 9.23. The van der Waals surface area contributed by atoms with Gasteiger partial charge in [0.05, 0.1) is 6.10 Å². The molecule has 0 radical (unpaired) electrons. The maximum absolute atomic E-state index is 13.5. The second-order valence-corrected chi connectivity index (χ2v) is 11.1. The van der Waals surface area contributed by atoms with Gasteiger partial charge in [-0.3, -0.25) is 9.59 Å². The molecule has 4 rings (SSSR count). The summed E-state index contributed by atoms with van der Waals surface area (Å²) in [6.45, 7) is 14.2. The lowest BCUT2D eigenvalue weighted by atomic mass is 9.43. The molecule has 1 aliphatic heterocycles. The highest BCUT2D eigenvalue weighted by Gasteiger charge is 2.68. The second kappa shape index (κ2) is 7.53. The molecular weight excluding hydrogens is 404 g/mol. The molecule has 2 saturated carbocycles. The van der Waals surface area contributed by atoms with E-state index in [1.165, 1.54) is 6.08 Å². The fraction of sp³-hybridized carbons (Fsp3) is 0.630. The number of carbonyl (C=O) groups excluding carboxylic acids is 2. The third kappa shape index (κ3) is 2.97. The quantitative estimate of drug-likeness (QED) is 0.507. The van der Waals surface area contributed by atoms with E-state index >= 15 is 0 Å². The van der Waals surface area contributed by atoms with Crippen LogP contribution in [-0.2, 0) is 14.3 Å². The average molecular weight is 441 g/mol. The Bertz CT molecular complexity index is 967. The van der Waals surface area contributed by atoms with Gasteiger partial charge < -0.3 is 14.9 Å². The van der Waals surface area contributed by atoms with Crippen molar-refractivity contribution in [3.05, 3.63) is 47.3 Å². The highest BCUT2D eigenvalue weighted by molar-refractivity contribution is 6.22. The summed E-state index contributed by atoms with van der Waals surface area (Å²) in [5.74, 6) is -0.206. The topological polar surface area (TPSA) is 83.8 Å². The number of hydrogen-bond donors (Lipinski definition) is 2. The lowest BCUT2D eigenvalue weighted by Gasteiger charge is -2.66. The number of ketones is 2. The molecule has 1 heterocycles. The summed E-state index contributed by atoms with van der Waals surface area (Å²) in [7, 11) is 0. The normalized spacial score (nSPS) is 39.6. The first-order valence-corrected chi connectivity index (χ1v) is 11.8. The van der Waals surface area contributed by atoms with Crippen molar-refractivity contribution in [1.82, 2.24) is 0 Å². The molecule has 0 aromatic rings. The average Bonchev–Trinajstić information content (AvgIpc) is 2.73. The maximum Gasteiger partial charge on any atom is 0.227 e. The minimum atomic E-state index is -1.25. The van der Waals surface area contributed by atoms with E-state index in [1.807, 2.05) is 0 Å². The van der Waals surface area contributed by atoms with Crippen LogP contribution in [0.4, 0.5) is 0 Å². The van der Waals surface area contributed by atoms with Gasteiger partial charge in [-0.25, -0.2) is 0 Å². The van der Waals surface area contributed by atoms with Crippen molar-refractivity contribution >= 4 is 11.6 Å². The van der Waals surface area contributed by atoms with Crippen molar-refractivity contribution in [2.75, 3.05) is 0 Å². The van der Waals surface area contributed by atoms with Crippen molar-refractivity contribution in [2.24, 2.45) is 22.7 Å². The van der Waals surface area contributed by atoms with Gasteiger partial charge in [-0.15, -0.1) is 0 Å². The van der Waals surface area contributed by atoms with Gasteiger partial charge in [0.15, 0.2) is 11.5 Å². The van der Waals surface area contributed by atoms with Crippen molar-refractivity contribution < 1.29 is 24.5 Å². The van der Waals surface area contributed by atoms with E-state index in [-0.39, 0.29) is 33.9 Å². The number of aliphatic hydroxyl groups excluding tert-OH is 2. The molecule has 0 unspecified atom stereocenters. The number of hydrogen-bond acceptors (Lipinski definition) is 5. The van der Waals surface area contributed by atoms with Crippen LogP contribution in [0, 0.1) is 22.7 Å². The number of Topliss-reactive ketones (excluding diaryl/α,β-unsaturated/α-hetero) is 1. The van der Waals surface area contributed by atoms with E-state index in [2.05, 4.69) is 34.3 Å². The van der Waals surface area contributed by atoms with Gasteiger partial charge >= 0.3 is 0 Å². The fourth-order valence-corrected chi connectivity index (χ4v) is 6.94. The smallest absolute Gasteiger partial charge is 0.227 e. The van der Waals surface area contributed by atoms with Gasteiger partial charge in [0, 0.05) is 22.5 Å². The highest BCUT2D eigenvalue weighted by Crippen LogP contribution is 2.67. The first kappa shape index (κ1) is 23.2. The SMILES string of the molecule is C=C(/C=C/C)[C@@H](O)C1=CC(=O)C2=C(O[C@@]34CC[C@H](O)C(C)(C)[C@@H]3CC[C@H](C)[C@@]4(C)C2)C1=O. The van der Waals surface area contributed by atoms with Gasteiger partial charge in [0.25, 0.3) is 0 Å². The second-order valence-electron chi connectivity index (χ2n) is 11.1. The molecule has 2 fully saturated rings. The summed E-state index contributed by atoms with van der Waals surface area (Å²) in [5.41, 5.74) is -0.512. The minimum absolute atomic E-state index is 0.0207. The summed E-state index contributed by atoms with van der Waals surface area (Å²) >= 11 is 0. The molecule has 0 aromatic heterocycles. The Hall–Kier alpha value is -1.98. The molecule has 2 N–H and O–H groups in total. The van der Waals surface area contributed by atoms with Gasteiger partial charge in [-0.2, -0.15) is 0 Å². The first-order valence-electron chi connectivity index (χ1n) is 11.8. The van der Waals surface area contributed by atoms with Gasteiger partial charge in [0.2, 0.25) is 5.78 Å². The van der Waals surface area contributed by atoms with Crippen molar-refractivity contribution in [2.45, 2.75) is 84.5 Å². The number of aliphatic hydroxyl groups is 2. The van der Waals surface area contributed by atoms with Crippen LogP contribution >= 0.6 is 0 Å². The van der Waals surface area contributed by atoms with E-state index in [9.17, 15) is 19.8 Å². The molecule has 6 atom stereocenters. The molecule has 0 bridgehead atoms. The Balaban J connectivity index is 1.80. The number of rotatable bonds is 3. The van der Waals surface area contributed by atoms with Crippen LogP contribution in [0.2, 0.25) is 0 Å². The summed E-state index contributed by atoms with van der Waals surface area (Å²) in [5, 5.41) is 21.5. The molecule has 5 heteroatoms. The van der Waals surface area contributed by atoms with Gasteiger partial charge in [-0.05, 0) is 62.0 Å². The first-order chi connectivity index (χ1) is 14.9. The molecule has 5 nitrogen and oxygen atoms in total. The molecule has 0 saturated heterocycles. The van der Waals surface area contributed by atoms with Crippen LogP contribution in [0.3, 0.4) is 0 Å². The third-order valence-electron chi connectivity index (χ3n) is 9.23. The van der Waals surface area contributed by atoms with Crippen LogP contribution < -0.4 is 0 Å². The summed E-state index contributed by atoms with van der Waals surface area (Å²) in [6.07, 6.45) is 6.58. The molecule has 3 aliphatic carbocycles. The zero-order valence-electron chi connectivity index (χ0n) is 19.9. The van der Waals surface area contributed by atoms with E-state index in [0.29, 0.717) is 36.3 Å². The zero-order valence-corrected chi connectivity index (χ0v) is 19.9. The number of ether oxygens (including phenoxy) is 1. The number of carbonyl (C=O) groups is 2. The molecule has 4 aliphatic rings. The van der Waals surface area contributed by atoms with Crippen LogP contribution in [-0.4, -0.2) is 39.6 Å². The lowest BCUT2D eigenvalue weighted by Crippen LogP contribution is -2.68. The Kier molecular flexibility index (Phi) is 5.45. The molecule has 0 aromatic carbocycles. The van der Waals surface area contributed by atoms with E-state index < -0.39 is 23.6 Å². The van der Waals surface area contributed by atoms with Crippen LogP contribution in [0.5, 0.6) is 0 Å². The molecule has 174 valence electrons. The Morgan fingerprint density at radius 2 is 1.94 bits per heavy atom. The minimum Gasteiger partial charge on any atom is -0.482 e. The van der Waals surface area contributed by atoms with Gasteiger partial charge in [-0.1, -0.05) is 46.4 Å². The molecular formula is C27H36O5. The van der Waals surface area contributed by atoms with E-state index in [1.54, 1.807) is 19.1 Å².